The van der Waals surface area contributed by atoms with Crippen molar-refractivity contribution in [3.8, 4) is 5.75 Å². The fourth-order valence-electron chi connectivity index (χ4n) is 1.92. The molecular weight excluding hydrogens is 306 g/mol. The van der Waals surface area contributed by atoms with Crippen molar-refractivity contribution in [2.75, 3.05) is 13.2 Å². The van der Waals surface area contributed by atoms with E-state index >= 15 is 0 Å². The molecule has 0 aliphatic carbocycles. The van der Waals surface area contributed by atoms with Gasteiger partial charge in [0.05, 0.1) is 5.57 Å². The van der Waals surface area contributed by atoms with Gasteiger partial charge in [-0.25, -0.2) is 0 Å². The van der Waals surface area contributed by atoms with Gasteiger partial charge in [-0.3, -0.25) is 9.59 Å². The molecule has 5 nitrogen and oxygen atoms in total. The van der Waals surface area contributed by atoms with Crippen LogP contribution in [0, 0.1) is 0 Å². The van der Waals surface area contributed by atoms with Crippen LogP contribution in [0.3, 0.4) is 0 Å². The average Bonchev–Trinajstić information content (AvgIpc) is 2.42. The Hall–Kier alpha value is -2.01. The first-order valence-corrected chi connectivity index (χ1v) is 7.25. The number of hydrogen-bond acceptors (Lipinski definition) is 4. The second-order valence-corrected chi connectivity index (χ2v) is 6.35. The van der Waals surface area contributed by atoms with E-state index in [1.807, 2.05) is 0 Å². The molecule has 1 N–H and O–H groups in total. The number of nitrogens with one attached hydrogen (secondary N) is 1. The molecule has 118 valence electrons. The fourth-order valence-corrected chi connectivity index (χ4v) is 2.10. The topological polar surface area (TPSA) is 64.6 Å². The lowest BCUT2D eigenvalue weighted by molar-refractivity contribution is -0.154. The number of fused-ring (bicyclic) bond motifs is 1. The molecule has 1 aliphatic rings. The highest BCUT2D eigenvalue weighted by molar-refractivity contribution is 6.30. The molecule has 22 heavy (non-hydrogen) atoms. The summed E-state index contributed by atoms with van der Waals surface area (Å²) in [5.41, 5.74) is 0.588. The second kappa shape index (κ2) is 6.40. The number of benzene rings is 1. The zero-order chi connectivity index (χ0) is 16.3. The summed E-state index contributed by atoms with van der Waals surface area (Å²) in [7, 11) is 0. The lowest BCUT2D eigenvalue weighted by Crippen LogP contribution is -2.36. The minimum atomic E-state index is -0.579. The number of carbonyl (C=O) groups is 2. The van der Waals surface area contributed by atoms with Gasteiger partial charge < -0.3 is 14.8 Å². The highest BCUT2D eigenvalue weighted by Gasteiger charge is 2.20. The average molecular weight is 324 g/mol. The zero-order valence-corrected chi connectivity index (χ0v) is 13.5. The van der Waals surface area contributed by atoms with Gasteiger partial charge in [-0.05, 0) is 45.0 Å². The van der Waals surface area contributed by atoms with Crippen LogP contribution in [-0.4, -0.2) is 30.6 Å². The van der Waals surface area contributed by atoms with Crippen LogP contribution in [-0.2, 0) is 14.3 Å². The molecule has 1 aromatic carbocycles. The van der Waals surface area contributed by atoms with Crippen molar-refractivity contribution in [2.45, 2.75) is 26.4 Å². The van der Waals surface area contributed by atoms with Gasteiger partial charge in [0.15, 0.2) is 0 Å². The quantitative estimate of drug-likeness (QED) is 0.868. The standard InChI is InChI=1S/C16H18ClNO4/c1-16(2,3)22-14(19)8-18-15(20)11-6-10-7-12(17)4-5-13(10)21-9-11/h4-7H,8-9H2,1-3H3,(H,18,20). The number of rotatable bonds is 3. The first-order valence-electron chi connectivity index (χ1n) is 6.87. The number of amides is 1. The van der Waals surface area contributed by atoms with Crippen LogP contribution in [0.15, 0.2) is 23.8 Å². The van der Waals surface area contributed by atoms with Crippen LogP contribution in [0.25, 0.3) is 6.08 Å². The number of halogens is 1. The molecule has 0 saturated heterocycles. The Kier molecular flexibility index (Phi) is 4.76. The third-order valence-electron chi connectivity index (χ3n) is 2.79. The van der Waals surface area contributed by atoms with Gasteiger partial charge in [0, 0.05) is 10.6 Å². The first-order chi connectivity index (χ1) is 10.2. The maximum absolute atomic E-state index is 12.1. The van der Waals surface area contributed by atoms with E-state index in [0.29, 0.717) is 16.3 Å². The maximum Gasteiger partial charge on any atom is 0.325 e. The fraction of sp³-hybridized carbons (Fsp3) is 0.375. The minimum absolute atomic E-state index is 0.148. The molecule has 0 aromatic heterocycles. The summed E-state index contributed by atoms with van der Waals surface area (Å²) >= 11 is 5.92. The van der Waals surface area contributed by atoms with Crippen LogP contribution >= 0.6 is 11.6 Å². The molecule has 0 atom stereocenters. The predicted octanol–water partition coefficient (Wildman–Crippen LogP) is 2.57. The number of hydrogen-bond donors (Lipinski definition) is 1. The molecule has 2 rings (SSSR count). The Balaban J connectivity index is 1.98. The van der Waals surface area contributed by atoms with E-state index in [1.54, 1.807) is 45.0 Å². The zero-order valence-electron chi connectivity index (χ0n) is 12.7. The predicted molar refractivity (Wildman–Crippen MR) is 83.8 cm³/mol. The minimum Gasteiger partial charge on any atom is -0.488 e. The molecule has 0 fully saturated rings. The van der Waals surface area contributed by atoms with Crippen molar-refractivity contribution in [3.63, 3.8) is 0 Å². The molecule has 0 bridgehead atoms. The molecular formula is C16H18ClNO4. The molecule has 0 spiro atoms. The van der Waals surface area contributed by atoms with Gasteiger partial charge in [-0.1, -0.05) is 11.6 Å². The third kappa shape index (κ3) is 4.49. The molecule has 1 amide bonds. The lowest BCUT2D eigenvalue weighted by Gasteiger charge is -2.20. The lowest BCUT2D eigenvalue weighted by atomic mass is 10.1. The van der Waals surface area contributed by atoms with Gasteiger partial charge in [0.2, 0.25) is 0 Å². The van der Waals surface area contributed by atoms with Crippen LogP contribution in [0.5, 0.6) is 5.75 Å². The van der Waals surface area contributed by atoms with E-state index in [0.717, 1.165) is 5.56 Å². The van der Waals surface area contributed by atoms with Gasteiger partial charge in [-0.15, -0.1) is 0 Å². The number of esters is 1. The Labute approximate surface area is 134 Å². The second-order valence-electron chi connectivity index (χ2n) is 5.91. The van der Waals surface area contributed by atoms with E-state index in [1.165, 1.54) is 0 Å². The summed E-state index contributed by atoms with van der Waals surface area (Å²) in [5.74, 6) is -0.175. The molecule has 0 unspecified atom stereocenters. The van der Waals surface area contributed by atoms with E-state index in [4.69, 9.17) is 21.1 Å². The van der Waals surface area contributed by atoms with Crippen LogP contribution in [0.1, 0.15) is 26.3 Å². The van der Waals surface area contributed by atoms with Crippen molar-refractivity contribution in [1.29, 1.82) is 0 Å². The highest BCUT2D eigenvalue weighted by Crippen LogP contribution is 2.28. The van der Waals surface area contributed by atoms with Crippen molar-refractivity contribution in [3.05, 3.63) is 34.4 Å². The van der Waals surface area contributed by atoms with E-state index in [2.05, 4.69) is 5.32 Å². The third-order valence-corrected chi connectivity index (χ3v) is 3.02. The first kappa shape index (κ1) is 16.4. The van der Waals surface area contributed by atoms with E-state index in [9.17, 15) is 9.59 Å². The highest BCUT2D eigenvalue weighted by atomic mass is 35.5. The van der Waals surface area contributed by atoms with Crippen LogP contribution < -0.4 is 10.1 Å². The molecule has 0 radical (unpaired) electrons. The van der Waals surface area contributed by atoms with Crippen LogP contribution in [0.4, 0.5) is 0 Å². The maximum atomic E-state index is 12.1. The largest absolute Gasteiger partial charge is 0.488 e. The van der Waals surface area contributed by atoms with E-state index < -0.39 is 11.6 Å². The van der Waals surface area contributed by atoms with Gasteiger partial charge in [0.25, 0.3) is 5.91 Å². The number of ether oxygens (including phenoxy) is 2. The molecule has 1 heterocycles. The Morgan fingerprint density at radius 2 is 2.09 bits per heavy atom. The van der Waals surface area contributed by atoms with Crippen molar-refractivity contribution < 1.29 is 19.1 Å². The summed E-state index contributed by atoms with van der Waals surface area (Å²) in [6, 6.07) is 5.20. The summed E-state index contributed by atoms with van der Waals surface area (Å²) in [6.45, 7) is 5.27. The Morgan fingerprint density at radius 1 is 1.36 bits per heavy atom. The van der Waals surface area contributed by atoms with Crippen molar-refractivity contribution in [1.82, 2.24) is 5.32 Å². The normalized spacial score (nSPS) is 13.5. The van der Waals surface area contributed by atoms with Crippen molar-refractivity contribution in [2.24, 2.45) is 0 Å². The SMILES string of the molecule is CC(C)(C)OC(=O)CNC(=O)C1=Cc2cc(Cl)ccc2OC1. The van der Waals surface area contributed by atoms with Crippen molar-refractivity contribution >= 4 is 29.6 Å². The summed E-state index contributed by atoms with van der Waals surface area (Å²) in [6.07, 6.45) is 1.70. The Bertz CT molecular complexity index is 632. The molecule has 0 saturated carbocycles. The van der Waals surface area contributed by atoms with E-state index in [-0.39, 0.29) is 19.1 Å². The van der Waals surface area contributed by atoms with Gasteiger partial charge in [-0.2, -0.15) is 0 Å². The molecule has 1 aromatic rings. The molecule has 6 heteroatoms. The summed E-state index contributed by atoms with van der Waals surface area (Å²) in [5, 5.41) is 3.09. The van der Waals surface area contributed by atoms with Gasteiger partial charge >= 0.3 is 5.97 Å². The monoisotopic (exact) mass is 323 g/mol. The Morgan fingerprint density at radius 3 is 2.77 bits per heavy atom. The molecule has 1 aliphatic heterocycles. The summed E-state index contributed by atoms with van der Waals surface area (Å²) < 4.78 is 10.6. The smallest absolute Gasteiger partial charge is 0.325 e. The van der Waals surface area contributed by atoms with Crippen LogP contribution in [0.2, 0.25) is 5.02 Å². The number of carbonyl (C=O) groups excluding carboxylic acids is 2. The van der Waals surface area contributed by atoms with Gasteiger partial charge in [0.1, 0.15) is 24.5 Å². The summed E-state index contributed by atoms with van der Waals surface area (Å²) in [4.78, 5) is 23.6.